The van der Waals surface area contributed by atoms with Crippen LogP contribution >= 0.6 is 7.82 Å². The van der Waals surface area contributed by atoms with E-state index in [1.165, 1.54) is 96.3 Å². The summed E-state index contributed by atoms with van der Waals surface area (Å²) in [6, 6.07) is 0. The summed E-state index contributed by atoms with van der Waals surface area (Å²) in [4.78, 5) is 22.9. The molecular weight excluding hydrogens is 734 g/mol. The molecule has 0 aliphatic carbocycles. The molecule has 0 fully saturated rings. The van der Waals surface area contributed by atoms with Gasteiger partial charge in [0.1, 0.15) is 19.8 Å². The van der Waals surface area contributed by atoms with Crippen LogP contribution in [0, 0.1) is 0 Å². The van der Waals surface area contributed by atoms with Gasteiger partial charge in [-0.25, -0.2) is 4.57 Å². The Balaban J connectivity index is 4.36. The zero-order chi connectivity index (χ0) is 42.0. The van der Waals surface area contributed by atoms with Crippen LogP contribution in [0.4, 0.5) is 0 Å². The lowest BCUT2D eigenvalue weighted by Gasteiger charge is -2.24. The van der Waals surface area contributed by atoms with Crippen LogP contribution in [0.5, 0.6) is 0 Å². The van der Waals surface area contributed by atoms with Gasteiger partial charge in [0.25, 0.3) is 0 Å². The molecule has 1 N–H and O–H groups in total. The van der Waals surface area contributed by atoms with E-state index in [1.807, 2.05) is 27.2 Å². The second kappa shape index (κ2) is 40.6. The first-order chi connectivity index (χ1) is 27.6. The Morgan fingerprint density at radius 3 is 1.53 bits per heavy atom. The normalized spacial score (nSPS) is 14.4. The highest BCUT2D eigenvalue weighted by Crippen LogP contribution is 2.43. The highest BCUT2D eigenvalue weighted by Gasteiger charge is 2.26. The lowest BCUT2D eigenvalue weighted by molar-refractivity contribution is -0.870. The SMILES string of the molecule is CC/C=C/C/C=C/C/C=C/C/C=C/C/C=C/CCCC(=O)O[C@H](CO/C=C/CCCCCCCCCCCCCCCCCC)COP(=O)(O)OCC[N+](C)(C)C. The van der Waals surface area contributed by atoms with Crippen LogP contribution in [0.3, 0.4) is 0 Å². The van der Waals surface area contributed by atoms with Gasteiger partial charge in [-0.3, -0.25) is 13.8 Å². The van der Waals surface area contributed by atoms with E-state index in [1.54, 1.807) is 6.26 Å². The van der Waals surface area contributed by atoms with Crippen LogP contribution in [0.15, 0.2) is 73.1 Å². The molecule has 9 heteroatoms. The molecule has 0 heterocycles. The molecule has 0 aliphatic rings. The summed E-state index contributed by atoms with van der Waals surface area (Å²) >= 11 is 0. The average Bonchev–Trinajstić information content (AvgIpc) is 3.16. The maximum Gasteiger partial charge on any atom is 0.472 e. The Morgan fingerprint density at radius 2 is 1.04 bits per heavy atom. The molecule has 2 atom stereocenters. The molecule has 0 aromatic carbocycles. The van der Waals surface area contributed by atoms with Crippen molar-refractivity contribution in [3.63, 3.8) is 0 Å². The van der Waals surface area contributed by atoms with E-state index in [-0.39, 0.29) is 26.2 Å². The van der Waals surface area contributed by atoms with Gasteiger partial charge in [0, 0.05) is 6.42 Å². The largest absolute Gasteiger partial charge is 0.498 e. The molecule has 0 rings (SSSR count). The Kier molecular flexibility index (Phi) is 39.0. The van der Waals surface area contributed by atoms with E-state index < -0.39 is 19.9 Å². The second-order valence-electron chi connectivity index (χ2n) is 16.1. The van der Waals surface area contributed by atoms with Crippen LogP contribution in [-0.2, 0) is 27.9 Å². The predicted molar refractivity (Wildman–Crippen MR) is 242 cm³/mol. The zero-order valence-electron chi connectivity index (χ0n) is 37.3. The lowest BCUT2D eigenvalue weighted by Crippen LogP contribution is -2.37. The highest BCUT2D eigenvalue weighted by atomic mass is 31.2. The number of hydrogen-bond donors (Lipinski definition) is 1. The topological polar surface area (TPSA) is 91.3 Å². The molecule has 1 unspecified atom stereocenters. The minimum atomic E-state index is -4.31. The summed E-state index contributed by atoms with van der Waals surface area (Å²) < 4.78 is 34.7. The van der Waals surface area contributed by atoms with Crippen molar-refractivity contribution in [2.24, 2.45) is 0 Å². The number of esters is 1. The van der Waals surface area contributed by atoms with Crippen molar-refractivity contribution in [2.45, 2.75) is 180 Å². The molecule has 0 amide bonds. The molecule has 0 radical (unpaired) electrons. The van der Waals surface area contributed by atoms with Gasteiger partial charge in [-0.2, -0.15) is 0 Å². The Morgan fingerprint density at radius 1 is 0.579 bits per heavy atom. The van der Waals surface area contributed by atoms with Crippen molar-refractivity contribution in [1.82, 2.24) is 0 Å². The van der Waals surface area contributed by atoms with E-state index in [2.05, 4.69) is 74.6 Å². The van der Waals surface area contributed by atoms with Crippen molar-refractivity contribution in [3.05, 3.63) is 73.1 Å². The summed E-state index contributed by atoms with van der Waals surface area (Å²) in [5.74, 6) is -0.393. The van der Waals surface area contributed by atoms with Crippen molar-refractivity contribution < 1.29 is 37.3 Å². The molecular formula is C48H87NO7P+. The van der Waals surface area contributed by atoms with Gasteiger partial charge < -0.3 is 18.9 Å². The van der Waals surface area contributed by atoms with Gasteiger partial charge in [0.15, 0.2) is 6.10 Å². The Bertz CT molecular complexity index is 1140. The van der Waals surface area contributed by atoms with Gasteiger partial charge in [0.05, 0.1) is 34.0 Å². The quantitative estimate of drug-likeness (QED) is 0.0164. The van der Waals surface area contributed by atoms with Gasteiger partial charge in [0.2, 0.25) is 0 Å². The maximum atomic E-state index is 12.7. The number of hydrogen-bond acceptors (Lipinski definition) is 6. The third kappa shape index (κ3) is 44.7. The fourth-order valence-corrected chi connectivity index (χ4v) is 6.59. The molecule has 0 saturated carbocycles. The summed E-state index contributed by atoms with van der Waals surface area (Å²) in [6.07, 6.45) is 53.3. The number of carbonyl (C=O) groups is 1. The number of likely N-dealkylation sites (N-methyl/N-ethyl adjacent to an activating group) is 1. The number of phosphoric ester groups is 1. The number of quaternary nitrogens is 1. The predicted octanol–water partition coefficient (Wildman–Crippen LogP) is 13.8. The standard InChI is InChI=1S/C48H86NO7P/c1-6-8-10-12-14-16-18-20-22-24-26-28-30-32-34-36-38-40-43-53-45-47(46-55-57(51,52)54-44-42-49(3,4)5)56-48(50)41-39-37-35-33-31-29-27-25-23-21-19-17-15-13-11-9-7-2/h9,11,15,17,21,23,27,29,33,35,40,43,47H,6-8,10,12-14,16,18-20,22,24-26,28,30-32,34,36-39,41-42,44-46H2,1-5H3/p+1/b11-9+,17-15+,23-21+,29-27+,35-33+,43-40+/t47-/m1/s1. The summed E-state index contributed by atoms with van der Waals surface area (Å²) in [6.45, 7) is 4.75. The van der Waals surface area contributed by atoms with E-state index >= 15 is 0 Å². The Hall–Kier alpha value is -2.22. The summed E-state index contributed by atoms with van der Waals surface area (Å²) in [5.41, 5.74) is 0. The van der Waals surface area contributed by atoms with Gasteiger partial charge >= 0.3 is 13.8 Å². The molecule has 0 aliphatic heterocycles. The number of rotatable bonds is 41. The minimum absolute atomic E-state index is 0.0227. The molecule has 330 valence electrons. The van der Waals surface area contributed by atoms with Crippen LogP contribution in [0.2, 0.25) is 0 Å². The van der Waals surface area contributed by atoms with E-state index in [0.29, 0.717) is 17.4 Å². The van der Waals surface area contributed by atoms with Crippen molar-refractivity contribution >= 4 is 13.8 Å². The lowest BCUT2D eigenvalue weighted by atomic mass is 10.0. The smallest absolute Gasteiger partial charge is 0.472 e. The molecule has 0 aromatic rings. The third-order valence-corrected chi connectivity index (χ3v) is 10.3. The average molecular weight is 821 g/mol. The Labute approximate surface area is 351 Å². The molecule has 0 bridgehead atoms. The van der Waals surface area contributed by atoms with Crippen LogP contribution in [0.1, 0.15) is 174 Å². The number of nitrogens with zero attached hydrogens (tertiary/aromatic N) is 1. The highest BCUT2D eigenvalue weighted by molar-refractivity contribution is 7.47. The number of unbranched alkanes of at least 4 members (excludes halogenated alkanes) is 17. The van der Waals surface area contributed by atoms with Gasteiger partial charge in [-0.1, -0.05) is 171 Å². The van der Waals surface area contributed by atoms with Crippen molar-refractivity contribution in [3.8, 4) is 0 Å². The second-order valence-corrected chi connectivity index (χ2v) is 17.6. The van der Waals surface area contributed by atoms with Gasteiger partial charge in [-0.05, 0) is 63.9 Å². The molecule has 0 spiro atoms. The van der Waals surface area contributed by atoms with Crippen molar-refractivity contribution in [1.29, 1.82) is 0 Å². The van der Waals surface area contributed by atoms with Crippen LogP contribution < -0.4 is 0 Å². The molecule has 0 aromatic heterocycles. The molecule has 57 heavy (non-hydrogen) atoms. The fraction of sp³-hybridized carbons (Fsp3) is 0.729. The first-order valence-electron chi connectivity index (χ1n) is 22.7. The number of phosphoric acid groups is 1. The first kappa shape index (κ1) is 54.8. The maximum absolute atomic E-state index is 12.7. The number of carbonyl (C=O) groups excluding carboxylic acids is 1. The zero-order valence-corrected chi connectivity index (χ0v) is 38.2. The third-order valence-electron chi connectivity index (χ3n) is 9.35. The fourth-order valence-electron chi connectivity index (χ4n) is 5.85. The van der Waals surface area contributed by atoms with E-state index in [4.69, 9.17) is 18.5 Å². The monoisotopic (exact) mass is 821 g/mol. The number of allylic oxidation sites excluding steroid dienone is 11. The van der Waals surface area contributed by atoms with Gasteiger partial charge in [-0.15, -0.1) is 0 Å². The first-order valence-corrected chi connectivity index (χ1v) is 24.2. The van der Waals surface area contributed by atoms with E-state index in [9.17, 15) is 14.3 Å². The van der Waals surface area contributed by atoms with Crippen LogP contribution in [0.25, 0.3) is 0 Å². The summed E-state index contributed by atoms with van der Waals surface area (Å²) in [5, 5.41) is 0. The summed E-state index contributed by atoms with van der Waals surface area (Å²) in [7, 11) is 1.59. The minimum Gasteiger partial charge on any atom is -0.498 e. The van der Waals surface area contributed by atoms with E-state index in [0.717, 1.165) is 51.4 Å². The van der Waals surface area contributed by atoms with Crippen molar-refractivity contribution in [2.75, 3.05) is 47.5 Å². The molecule has 8 nitrogen and oxygen atoms in total. The molecule has 0 saturated heterocycles. The number of ether oxygens (including phenoxy) is 2. The van der Waals surface area contributed by atoms with Crippen LogP contribution in [-0.4, -0.2) is 69.0 Å².